The third-order valence-corrected chi connectivity index (χ3v) is 2.83. The second-order valence-corrected chi connectivity index (χ2v) is 4.81. The maximum absolute atomic E-state index is 11.9. The maximum atomic E-state index is 11.9. The van der Waals surface area contributed by atoms with Crippen molar-refractivity contribution in [3.63, 3.8) is 0 Å². The second-order valence-electron chi connectivity index (χ2n) is 3.89. The highest BCUT2D eigenvalue weighted by Crippen LogP contribution is 2.20. The molecule has 1 aromatic heterocycles. The fourth-order valence-electron chi connectivity index (χ4n) is 1.53. The normalized spacial score (nSPS) is 10.2. The van der Waals surface area contributed by atoms with Crippen LogP contribution in [-0.2, 0) is 7.05 Å². The van der Waals surface area contributed by atoms with Crippen LogP contribution in [0.25, 0.3) is 0 Å². The molecular weight excluding hydrogens is 314 g/mol. The first-order valence-electron chi connectivity index (χ1n) is 5.29. The lowest BCUT2D eigenvalue weighted by Gasteiger charge is -2.05. The molecule has 2 aromatic rings. The Morgan fingerprint density at radius 2 is 2.05 bits per heavy atom. The standard InChI is InChI=1S/C12H10BrN3O3/c1-16-6-8(5-14-16)11(17)15-10-3-7(12(18)19)2-9(13)4-10/h2-6H,1H3,(H,15,17)(H,18,19). The van der Waals surface area contributed by atoms with Crippen LogP contribution in [-0.4, -0.2) is 26.8 Å². The van der Waals surface area contributed by atoms with Gasteiger partial charge in [0, 0.05) is 23.4 Å². The summed E-state index contributed by atoms with van der Waals surface area (Å²) in [7, 11) is 1.71. The second kappa shape index (κ2) is 5.23. The van der Waals surface area contributed by atoms with Crippen molar-refractivity contribution in [2.24, 2.45) is 7.05 Å². The van der Waals surface area contributed by atoms with Crippen LogP contribution in [0.4, 0.5) is 5.69 Å². The van der Waals surface area contributed by atoms with Gasteiger partial charge in [0.25, 0.3) is 5.91 Å². The van der Waals surface area contributed by atoms with E-state index < -0.39 is 5.97 Å². The van der Waals surface area contributed by atoms with Gasteiger partial charge in [0.15, 0.2) is 0 Å². The smallest absolute Gasteiger partial charge is 0.335 e. The number of carbonyl (C=O) groups is 2. The molecule has 0 unspecified atom stereocenters. The molecular formula is C12H10BrN3O3. The van der Waals surface area contributed by atoms with Gasteiger partial charge >= 0.3 is 5.97 Å². The number of rotatable bonds is 3. The summed E-state index contributed by atoms with van der Waals surface area (Å²) in [6.45, 7) is 0. The summed E-state index contributed by atoms with van der Waals surface area (Å²) in [6, 6.07) is 4.48. The lowest BCUT2D eigenvalue weighted by Crippen LogP contribution is -2.11. The van der Waals surface area contributed by atoms with Crippen LogP contribution in [0.15, 0.2) is 35.1 Å². The molecule has 0 saturated carbocycles. The summed E-state index contributed by atoms with van der Waals surface area (Å²) < 4.78 is 2.09. The Bertz CT molecular complexity index is 651. The Labute approximate surface area is 117 Å². The van der Waals surface area contributed by atoms with Gasteiger partial charge in [-0.2, -0.15) is 5.10 Å². The number of aromatic carboxylic acids is 1. The molecule has 1 aromatic carbocycles. The highest BCUT2D eigenvalue weighted by atomic mass is 79.9. The molecule has 1 amide bonds. The number of carboxylic acid groups (broad SMARTS) is 1. The number of aryl methyl sites for hydroxylation is 1. The summed E-state index contributed by atoms with van der Waals surface area (Å²) in [5.41, 5.74) is 0.899. The zero-order valence-corrected chi connectivity index (χ0v) is 11.5. The van der Waals surface area contributed by atoms with E-state index in [1.165, 1.54) is 23.0 Å². The maximum Gasteiger partial charge on any atom is 0.335 e. The van der Waals surface area contributed by atoms with E-state index in [4.69, 9.17) is 5.11 Å². The molecule has 0 aliphatic carbocycles. The molecule has 0 atom stereocenters. The highest BCUT2D eigenvalue weighted by Gasteiger charge is 2.11. The zero-order chi connectivity index (χ0) is 14.0. The minimum atomic E-state index is -1.06. The van der Waals surface area contributed by atoms with Gasteiger partial charge in [0.2, 0.25) is 0 Å². The van der Waals surface area contributed by atoms with Gasteiger partial charge in [-0.1, -0.05) is 15.9 Å². The molecule has 0 bridgehead atoms. The topological polar surface area (TPSA) is 84.2 Å². The first-order chi connectivity index (χ1) is 8.95. The molecule has 2 rings (SSSR count). The van der Waals surface area contributed by atoms with Crippen molar-refractivity contribution in [2.75, 3.05) is 5.32 Å². The first-order valence-corrected chi connectivity index (χ1v) is 6.09. The van der Waals surface area contributed by atoms with Gasteiger partial charge in [0.1, 0.15) is 0 Å². The number of nitrogens with one attached hydrogen (secondary N) is 1. The quantitative estimate of drug-likeness (QED) is 0.906. The average molecular weight is 324 g/mol. The Morgan fingerprint density at radius 1 is 1.32 bits per heavy atom. The van der Waals surface area contributed by atoms with Gasteiger partial charge in [0.05, 0.1) is 17.3 Å². The zero-order valence-electron chi connectivity index (χ0n) is 9.92. The van der Waals surface area contributed by atoms with E-state index in [-0.39, 0.29) is 11.5 Å². The van der Waals surface area contributed by atoms with Crippen molar-refractivity contribution >= 4 is 33.5 Å². The fourth-order valence-corrected chi connectivity index (χ4v) is 2.02. The van der Waals surface area contributed by atoms with Crippen molar-refractivity contribution < 1.29 is 14.7 Å². The van der Waals surface area contributed by atoms with Gasteiger partial charge in [-0.3, -0.25) is 9.48 Å². The van der Waals surface area contributed by atoms with Crippen LogP contribution in [0.5, 0.6) is 0 Å². The lowest BCUT2D eigenvalue weighted by molar-refractivity contribution is 0.0696. The Balaban J connectivity index is 2.23. The van der Waals surface area contributed by atoms with Crippen LogP contribution < -0.4 is 5.32 Å². The minimum absolute atomic E-state index is 0.0934. The van der Waals surface area contributed by atoms with E-state index in [2.05, 4.69) is 26.3 Å². The first kappa shape index (κ1) is 13.3. The number of benzene rings is 1. The molecule has 0 aliphatic heterocycles. The molecule has 0 spiro atoms. The fraction of sp³-hybridized carbons (Fsp3) is 0.0833. The molecule has 0 saturated heterocycles. The van der Waals surface area contributed by atoms with Gasteiger partial charge in [-0.15, -0.1) is 0 Å². The van der Waals surface area contributed by atoms with Crippen LogP contribution in [0.3, 0.4) is 0 Å². The van der Waals surface area contributed by atoms with E-state index in [1.807, 2.05) is 0 Å². The number of anilines is 1. The van der Waals surface area contributed by atoms with E-state index in [9.17, 15) is 9.59 Å². The highest BCUT2D eigenvalue weighted by molar-refractivity contribution is 9.10. The summed E-state index contributed by atoms with van der Waals surface area (Å²) in [5.74, 6) is -1.40. The van der Waals surface area contributed by atoms with E-state index >= 15 is 0 Å². The summed E-state index contributed by atoms with van der Waals surface area (Å²) in [4.78, 5) is 22.8. The Kier molecular flexibility index (Phi) is 3.66. The van der Waals surface area contributed by atoms with Crippen LogP contribution >= 0.6 is 15.9 Å². The number of hydrogen-bond donors (Lipinski definition) is 2. The van der Waals surface area contributed by atoms with E-state index in [1.54, 1.807) is 19.3 Å². The predicted octanol–water partition coefficient (Wildman–Crippen LogP) is 2.13. The number of hydrogen-bond acceptors (Lipinski definition) is 3. The molecule has 2 N–H and O–H groups in total. The molecule has 7 heteroatoms. The van der Waals surface area contributed by atoms with Crippen LogP contribution in [0, 0.1) is 0 Å². The monoisotopic (exact) mass is 323 g/mol. The number of aromatic nitrogens is 2. The number of carboxylic acids is 1. The molecule has 0 radical (unpaired) electrons. The molecule has 0 fully saturated rings. The summed E-state index contributed by atoms with van der Waals surface area (Å²) >= 11 is 3.20. The summed E-state index contributed by atoms with van der Waals surface area (Å²) in [6.07, 6.45) is 3.01. The lowest BCUT2D eigenvalue weighted by atomic mass is 10.2. The molecule has 19 heavy (non-hydrogen) atoms. The Hall–Kier alpha value is -2.15. The van der Waals surface area contributed by atoms with Gasteiger partial charge in [-0.25, -0.2) is 4.79 Å². The van der Waals surface area contributed by atoms with Gasteiger partial charge in [-0.05, 0) is 18.2 Å². The molecule has 98 valence electrons. The minimum Gasteiger partial charge on any atom is -0.478 e. The van der Waals surface area contributed by atoms with Crippen molar-refractivity contribution in [3.05, 3.63) is 46.2 Å². The van der Waals surface area contributed by atoms with Crippen molar-refractivity contribution in [2.45, 2.75) is 0 Å². The molecule has 0 aliphatic rings. The Morgan fingerprint density at radius 3 is 2.63 bits per heavy atom. The number of halogens is 1. The van der Waals surface area contributed by atoms with Crippen molar-refractivity contribution in [1.82, 2.24) is 9.78 Å². The van der Waals surface area contributed by atoms with E-state index in [0.717, 1.165) is 0 Å². The summed E-state index contributed by atoms with van der Waals surface area (Å²) in [5, 5.41) is 15.5. The van der Waals surface area contributed by atoms with Crippen LogP contribution in [0.1, 0.15) is 20.7 Å². The molecule has 1 heterocycles. The average Bonchev–Trinajstić information content (AvgIpc) is 2.75. The predicted molar refractivity (Wildman–Crippen MR) is 72.3 cm³/mol. The third-order valence-electron chi connectivity index (χ3n) is 2.37. The SMILES string of the molecule is Cn1cc(C(=O)Nc2cc(Br)cc(C(=O)O)c2)cn1. The van der Waals surface area contributed by atoms with Gasteiger partial charge < -0.3 is 10.4 Å². The number of amides is 1. The molecule has 6 nitrogen and oxygen atoms in total. The number of carbonyl (C=O) groups excluding carboxylic acids is 1. The van der Waals surface area contributed by atoms with E-state index in [0.29, 0.717) is 15.7 Å². The number of nitrogens with zero attached hydrogens (tertiary/aromatic N) is 2. The van der Waals surface area contributed by atoms with Crippen molar-refractivity contribution in [3.8, 4) is 0 Å². The van der Waals surface area contributed by atoms with Crippen LogP contribution in [0.2, 0.25) is 0 Å². The third kappa shape index (κ3) is 3.19. The van der Waals surface area contributed by atoms with Crippen molar-refractivity contribution in [1.29, 1.82) is 0 Å². The largest absolute Gasteiger partial charge is 0.478 e.